The number of allylic oxidation sites excluding steroid dienone is 1. The van der Waals surface area contributed by atoms with Crippen LogP contribution >= 0.6 is 0 Å². The van der Waals surface area contributed by atoms with Gasteiger partial charge in [0.2, 0.25) is 11.8 Å². The van der Waals surface area contributed by atoms with E-state index in [9.17, 15) is 9.59 Å². The maximum absolute atomic E-state index is 12.1. The minimum Gasteiger partial charge on any atom is -0.356 e. The summed E-state index contributed by atoms with van der Waals surface area (Å²) in [5, 5.41) is 6.44. The van der Waals surface area contributed by atoms with E-state index in [0.29, 0.717) is 13.0 Å². The van der Waals surface area contributed by atoms with E-state index < -0.39 is 0 Å². The Labute approximate surface area is 147 Å². The van der Waals surface area contributed by atoms with Gasteiger partial charge in [-0.1, -0.05) is 31.9 Å². The molecule has 1 rings (SSSR count). The fourth-order valence-electron chi connectivity index (χ4n) is 2.89. The first kappa shape index (κ1) is 20.7. The molecule has 0 spiro atoms. The molecule has 1 saturated heterocycles. The Morgan fingerprint density at radius 2 is 2.00 bits per heavy atom. The summed E-state index contributed by atoms with van der Waals surface area (Å²) in [4.78, 5) is 25.6. The zero-order chi connectivity index (χ0) is 17.6. The maximum atomic E-state index is 12.1. The summed E-state index contributed by atoms with van der Waals surface area (Å²) in [5.74, 6) is 0.205. The molecule has 1 aliphatic rings. The zero-order valence-electron chi connectivity index (χ0n) is 15.5. The fourth-order valence-corrected chi connectivity index (χ4v) is 2.89. The molecule has 0 aliphatic carbocycles. The van der Waals surface area contributed by atoms with Gasteiger partial charge in [0.1, 0.15) is 0 Å². The normalized spacial score (nSPS) is 21.7. The van der Waals surface area contributed by atoms with E-state index in [0.717, 1.165) is 45.3 Å². The van der Waals surface area contributed by atoms with Crippen LogP contribution in [0.5, 0.6) is 0 Å². The van der Waals surface area contributed by atoms with Crippen LogP contribution < -0.4 is 10.6 Å². The average Bonchev–Trinajstić information content (AvgIpc) is 2.56. The lowest BCUT2D eigenvalue weighted by atomic mass is 10.1. The van der Waals surface area contributed by atoms with Gasteiger partial charge in [0.25, 0.3) is 0 Å². The highest BCUT2D eigenvalue weighted by molar-refractivity contribution is 5.76. The van der Waals surface area contributed by atoms with Crippen LogP contribution in [0.25, 0.3) is 0 Å². The van der Waals surface area contributed by atoms with Crippen LogP contribution in [0.1, 0.15) is 65.2 Å². The summed E-state index contributed by atoms with van der Waals surface area (Å²) in [6, 6.07) is 0.108. The predicted molar refractivity (Wildman–Crippen MR) is 98.8 cm³/mol. The summed E-state index contributed by atoms with van der Waals surface area (Å²) >= 11 is 0. The summed E-state index contributed by atoms with van der Waals surface area (Å²) in [6.45, 7) is 6.87. The molecule has 1 fully saturated rings. The molecule has 138 valence electrons. The molecule has 0 aromatic heterocycles. The Hall–Kier alpha value is -1.36. The molecule has 0 bridgehead atoms. The summed E-state index contributed by atoms with van der Waals surface area (Å²) < 4.78 is 0. The molecule has 1 aliphatic heterocycles. The number of hydrogen-bond acceptors (Lipinski definition) is 3. The largest absolute Gasteiger partial charge is 0.356 e. The van der Waals surface area contributed by atoms with Crippen LogP contribution in [0.2, 0.25) is 0 Å². The average molecular weight is 338 g/mol. The van der Waals surface area contributed by atoms with Crippen molar-refractivity contribution in [1.29, 1.82) is 0 Å². The summed E-state index contributed by atoms with van der Waals surface area (Å²) in [5.41, 5.74) is 0. The second-order valence-corrected chi connectivity index (χ2v) is 6.61. The third-order valence-corrected chi connectivity index (χ3v) is 4.38. The van der Waals surface area contributed by atoms with Crippen molar-refractivity contribution in [3.63, 3.8) is 0 Å². The minimum atomic E-state index is 0.0827. The highest BCUT2D eigenvalue weighted by Crippen LogP contribution is 2.04. The lowest BCUT2D eigenvalue weighted by Gasteiger charge is -2.20. The molecule has 1 atom stereocenters. The van der Waals surface area contributed by atoms with Gasteiger partial charge in [-0.05, 0) is 38.6 Å². The van der Waals surface area contributed by atoms with E-state index in [-0.39, 0.29) is 17.9 Å². The van der Waals surface area contributed by atoms with Crippen molar-refractivity contribution in [1.82, 2.24) is 15.5 Å². The third kappa shape index (κ3) is 9.71. The Kier molecular flexibility index (Phi) is 11.2. The summed E-state index contributed by atoms with van der Waals surface area (Å²) in [7, 11) is 0. The molecule has 5 heteroatoms. The predicted octanol–water partition coefficient (Wildman–Crippen LogP) is 2.62. The standard InChI is InChI=1S/C19H35N3O2/c1-3-4-5-6-7-11-18-16-19(24)21-13-10-15-22(17(2)23)14-9-8-12-20-18/h7,11,18,20H,3-6,8-10,12-16H2,1-2H3,(H,21,24). The number of nitrogens with one attached hydrogen (secondary N) is 2. The lowest BCUT2D eigenvalue weighted by molar-refractivity contribution is -0.129. The van der Waals surface area contributed by atoms with Crippen molar-refractivity contribution >= 4 is 11.8 Å². The van der Waals surface area contributed by atoms with Gasteiger partial charge < -0.3 is 15.5 Å². The number of unbranched alkanes of at least 4 members (excludes halogenated alkanes) is 3. The van der Waals surface area contributed by atoms with E-state index in [1.165, 1.54) is 19.3 Å². The minimum absolute atomic E-state index is 0.0827. The Balaban J connectivity index is 2.49. The van der Waals surface area contributed by atoms with Gasteiger partial charge in [-0.15, -0.1) is 0 Å². The van der Waals surface area contributed by atoms with Crippen LogP contribution in [-0.4, -0.2) is 48.9 Å². The SMILES string of the molecule is CCCCCC=CC1CC(=O)NCCCN(C(C)=O)CCCCN1. The molecule has 0 saturated carbocycles. The third-order valence-electron chi connectivity index (χ3n) is 4.38. The van der Waals surface area contributed by atoms with Crippen molar-refractivity contribution < 1.29 is 9.59 Å². The number of carbonyl (C=O) groups is 2. The highest BCUT2D eigenvalue weighted by Gasteiger charge is 2.13. The van der Waals surface area contributed by atoms with Crippen LogP contribution in [0.4, 0.5) is 0 Å². The summed E-state index contributed by atoms with van der Waals surface area (Å²) in [6.07, 6.45) is 12.5. The van der Waals surface area contributed by atoms with Crippen molar-refractivity contribution in [2.45, 2.75) is 71.3 Å². The number of nitrogens with zero attached hydrogens (tertiary/aromatic N) is 1. The monoisotopic (exact) mass is 337 g/mol. The van der Waals surface area contributed by atoms with Crippen molar-refractivity contribution in [3.8, 4) is 0 Å². The molecular weight excluding hydrogens is 302 g/mol. The maximum Gasteiger partial charge on any atom is 0.221 e. The van der Waals surface area contributed by atoms with Crippen molar-refractivity contribution in [2.24, 2.45) is 0 Å². The molecular formula is C19H35N3O2. The highest BCUT2D eigenvalue weighted by atomic mass is 16.2. The van der Waals surface area contributed by atoms with Crippen LogP contribution in [0, 0.1) is 0 Å². The molecule has 2 N–H and O–H groups in total. The number of carbonyl (C=O) groups excluding carboxylic acids is 2. The molecule has 0 aromatic carbocycles. The lowest BCUT2D eigenvalue weighted by Crippen LogP contribution is -2.35. The van der Waals surface area contributed by atoms with E-state index in [1.807, 2.05) is 4.90 Å². The first-order valence-corrected chi connectivity index (χ1v) is 9.55. The molecule has 24 heavy (non-hydrogen) atoms. The molecule has 0 aromatic rings. The Morgan fingerprint density at radius 1 is 1.21 bits per heavy atom. The molecule has 5 nitrogen and oxygen atoms in total. The second-order valence-electron chi connectivity index (χ2n) is 6.61. The fraction of sp³-hybridized carbons (Fsp3) is 0.789. The quantitative estimate of drug-likeness (QED) is 0.599. The number of rotatable bonds is 5. The van der Waals surface area contributed by atoms with Gasteiger partial charge in [0.05, 0.1) is 0 Å². The molecule has 2 amide bonds. The first-order valence-electron chi connectivity index (χ1n) is 9.55. The van der Waals surface area contributed by atoms with E-state index in [1.54, 1.807) is 6.92 Å². The van der Waals surface area contributed by atoms with Gasteiger partial charge in [-0.25, -0.2) is 0 Å². The van der Waals surface area contributed by atoms with Gasteiger partial charge in [0, 0.05) is 39.0 Å². The van der Waals surface area contributed by atoms with Crippen molar-refractivity contribution in [3.05, 3.63) is 12.2 Å². The Bertz CT molecular complexity index is 396. The van der Waals surface area contributed by atoms with Crippen molar-refractivity contribution in [2.75, 3.05) is 26.2 Å². The van der Waals surface area contributed by atoms with Crippen LogP contribution in [0.15, 0.2) is 12.2 Å². The Morgan fingerprint density at radius 3 is 2.75 bits per heavy atom. The molecule has 0 radical (unpaired) electrons. The van der Waals surface area contributed by atoms with E-state index in [2.05, 4.69) is 29.7 Å². The number of amides is 2. The number of hydrogen-bond donors (Lipinski definition) is 2. The zero-order valence-corrected chi connectivity index (χ0v) is 15.5. The van der Waals surface area contributed by atoms with Gasteiger partial charge >= 0.3 is 0 Å². The van der Waals surface area contributed by atoms with E-state index >= 15 is 0 Å². The van der Waals surface area contributed by atoms with Crippen LogP contribution in [0.3, 0.4) is 0 Å². The molecule has 1 unspecified atom stereocenters. The smallest absolute Gasteiger partial charge is 0.221 e. The topological polar surface area (TPSA) is 61.4 Å². The first-order chi connectivity index (χ1) is 11.6. The van der Waals surface area contributed by atoms with Gasteiger partial charge in [-0.3, -0.25) is 9.59 Å². The van der Waals surface area contributed by atoms with Gasteiger partial charge in [0.15, 0.2) is 0 Å². The van der Waals surface area contributed by atoms with E-state index in [4.69, 9.17) is 0 Å². The van der Waals surface area contributed by atoms with Gasteiger partial charge in [-0.2, -0.15) is 0 Å². The van der Waals surface area contributed by atoms with Crippen LogP contribution in [-0.2, 0) is 9.59 Å². The molecule has 1 heterocycles. The second kappa shape index (κ2) is 13.0.